The summed E-state index contributed by atoms with van der Waals surface area (Å²) in [4.78, 5) is 0. The van der Waals surface area contributed by atoms with Gasteiger partial charge in [0, 0.05) is 14.6 Å². The number of piperidine rings is 1. The smallest absolute Gasteiger partial charge is 0.0416 e. The number of benzene rings is 1. The summed E-state index contributed by atoms with van der Waals surface area (Å²) in [5.74, 6) is 0. The Hall–Kier alpha value is 0.200. The first-order valence-electron chi connectivity index (χ1n) is 4.96. The van der Waals surface area contributed by atoms with Gasteiger partial charge in [0.05, 0.1) is 0 Å². The Bertz CT molecular complexity index is 321. The lowest BCUT2D eigenvalue weighted by Gasteiger charge is -2.24. The van der Waals surface area contributed by atoms with E-state index in [-0.39, 0.29) is 0 Å². The molecule has 1 saturated heterocycles. The lowest BCUT2D eigenvalue weighted by Crippen LogP contribution is -2.27. The Balaban J connectivity index is 2.22. The fourth-order valence-corrected chi connectivity index (χ4v) is 3.15. The Morgan fingerprint density at radius 3 is 2.86 bits per heavy atom. The summed E-state index contributed by atoms with van der Waals surface area (Å²) in [5.41, 5.74) is 1.40. The molecule has 1 aromatic rings. The molecule has 3 heteroatoms. The number of hydrogen-bond donors (Lipinski definition) is 1. The van der Waals surface area contributed by atoms with E-state index in [4.69, 9.17) is 11.6 Å². The fourth-order valence-electron chi connectivity index (χ4n) is 1.90. The van der Waals surface area contributed by atoms with Gasteiger partial charge in [0.1, 0.15) is 0 Å². The Kier molecular flexibility index (Phi) is 3.68. The van der Waals surface area contributed by atoms with Gasteiger partial charge in [-0.3, -0.25) is 0 Å². The molecule has 2 rings (SSSR count). The van der Waals surface area contributed by atoms with E-state index >= 15 is 0 Å². The lowest BCUT2D eigenvalue weighted by molar-refractivity contribution is 0.411. The molecule has 0 aromatic heterocycles. The molecule has 0 aliphatic carbocycles. The third-order valence-electron chi connectivity index (χ3n) is 2.65. The van der Waals surface area contributed by atoms with Crippen molar-refractivity contribution in [1.82, 2.24) is 5.32 Å². The van der Waals surface area contributed by atoms with E-state index in [1.165, 1.54) is 28.4 Å². The number of rotatable bonds is 1. The number of hydrogen-bond acceptors (Lipinski definition) is 1. The molecule has 0 radical (unpaired) electrons. The minimum Gasteiger partial charge on any atom is -0.310 e. The SMILES string of the molecule is Clc1ccc([C@H]2CCCCN2)c(I)c1. The highest BCUT2D eigenvalue weighted by atomic mass is 127. The van der Waals surface area contributed by atoms with Crippen LogP contribution in [0.5, 0.6) is 0 Å². The van der Waals surface area contributed by atoms with Crippen LogP contribution in [0.15, 0.2) is 18.2 Å². The third kappa shape index (κ3) is 2.41. The zero-order valence-electron chi connectivity index (χ0n) is 7.89. The monoisotopic (exact) mass is 321 g/mol. The van der Waals surface area contributed by atoms with Crippen molar-refractivity contribution in [3.63, 3.8) is 0 Å². The largest absolute Gasteiger partial charge is 0.310 e. The van der Waals surface area contributed by atoms with Crippen molar-refractivity contribution in [3.05, 3.63) is 32.4 Å². The predicted octanol–water partition coefficient (Wildman–Crippen LogP) is 3.76. The van der Waals surface area contributed by atoms with Crippen LogP contribution in [0.3, 0.4) is 0 Å². The molecule has 0 unspecified atom stereocenters. The van der Waals surface area contributed by atoms with Gasteiger partial charge < -0.3 is 5.32 Å². The van der Waals surface area contributed by atoms with E-state index < -0.39 is 0 Å². The van der Waals surface area contributed by atoms with E-state index in [2.05, 4.69) is 34.0 Å². The molecule has 0 bridgehead atoms. The standard InChI is InChI=1S/C11H13ClIN/c12-8-4-5-9(10(13)7-8)11-3-1-2-6-14-11/h4-5,7,11,14H,1-3,6H2/t11-/m1/s1. The van der Waals surface area contributed by atoms with Gasteiger partial charge in [0.2, 0.25) is 0 Å². The summed E-state index contributed by atoms with van der Waals surface area (Å²) in [6.07, 6.45) is 3.88. The van der Waals surface area contributed by atoms with Crippen molar-refractivity contribution in [2.24, 2.45) is 0 Å². The van der Waals surface area contributed by atoms with Crippen molar-refractivity contribution >= 4 is 34.2 Å². The Morgan fingerprint density at radius 1 is 1.36 bits per heavy atom. The first-order valence-corrected chi connectivity index (χ1v) is 6.41. The van der Waals surface area contributed by atoms with Crippen LogP contribution in [0, 0.1) is 3.57 Å². The number of nitrogens with one attached hydrogen (secondary N) is 1. The Labute approximate surface area is 103 Å². The second-order valence-electron chi connectivity index (χ2n) is 3.67. The van der Waals surface area contributed by atoms with Crippen molar-refractivity contribution in [2.75, 3.05) is 6.54 Å². The van der Waals surface area contributed by atoms with Gasteiger partial charge in [0.25, 0.3) is 0 Å². The van der Waals surface area contributed by atoms with E-state index in [1.54, 1.807) is 0 Å². The van der Waals surface area contributed by atoms with E-state index in [0.717, 1.165) is 11.6 Å². The van der Waals surface area contributed by atoms with E-state index in [9.17, 15) is 0 Å². The van der Waals surface area contributed by atoms with Crippen LogP contribution in [-0.2, 0) is 0 Å². The maximum Gasteiger partial charge on any atom is 0.0416 e. The van der Waals surface area contributed by atoms with Gasteiger partial charge >= 0.3 is 0 Å². The van der Waals surface area contributed by atoms with E-state index in [1.807, 2.05) is 12.1 Å². The van der Waals surface area contributed by atoms with Crippen LogP contribution in [0.4, 0.5) is 0 Å². The second kappa shape index (κ2) is 4.81. The van der Waals surface area contributed by atoms with Crippen LogP contribution in [0.1, 0.15) is 30.9 Å². The molecule has 76 valence electrons. The quantitative estimate of drug-likeness (QED) is 0.777. The summed E-state index contributed by atoms with van der Waals surface area (Å²) in [6, 6.07) is 6.70. The van der Waals surface area contributed by atoms with Gasteiger partial charge in [-0.2, -0.15) is 0 Å². The second-order valence-corrected chi connectivity index (χ2v) is 5.27. The first-order chi connectivity index (χ1) is 6.77. The molecule has 14 heavy (non-hydrogen) atoms. The molecule has 1 aromatic carbocycles. The minimum atomic E-state index is 0.535. The van der Waals surface area contributed by atoms with Crippen LogP contribution in [0.25, 0.3) is 0 Å². The highest BCUT2D eigenvalue weighted by Crippen LogP contribution is 2.28. The van der Waals surface area contributed by atoms with Gasteiger partial charge in [-0.25, -0.2) is 0 Å². The summed E-state index contributed by atoms with van der Waals surface area (Å²) < 4.78 is 1.27. The zero-order valence-corrected chi connectivity index (χ0v) is 10.8. The number of halogens is 2. The van der Waals surface area contributed by atoms with Crippen molar-refractivity contribution in [3.8, 4) is 0 Å². The summed E-state index contributed by atoms with van der Waals surface area (Å²) in [5, 5.41) is 4.38. The van der Waals surface area contributed by atoms with Gasteiger partial charge in [-0.05, 0) is 59.7 Å². The summed E-state index contributed by atoms with van der Waals surface area (Å²) in [7, 11) is 0. The summed E-state index contributed by atoms with van der Waals surface area (Å²) in [6.45, 7) is 1.14. The minimum absolute atomic E-state index is 0.535. The molecule has 1 heterocycles. The molecule has 1 fully saturated rings. The molecular weight excluding hydrogens is 308 g/mol. The normalized spacial score (nSPS) is 22.3. The summed E-state index contributed by atoms with van der Waals surface area (Å²) >= 11 is 8.29. The predicted molar refractivity (Wildman–Crippen MR) is 68.8 cm³/mol. The highest BCUT2D eigenvalue weighted by Gasteiger charge is 2.16. The van der Waals surface area contributed by atoms with Gasteiger partial charge in [-0.15, -0.1) is 0 Å². The molecule has 1 atom stereocenters. The maximum absolute atomic E-state index is 5.93. The van der Waals surface area contributed by atoms with Crippen molar-refractivity contribution < 1.29 is 0 Å². The first kappa shape index (κ1) is 10.7. The lowest BCUT2D eigenvalue weighted by atomic mass is 9.98. The molecule has 0 saturated carbocycles. The van der Waals surface area contributed by atoms with Gasteiger partial charge in [-0.1, -0.05) is 24.1 Å². The molecular formula is C11H13ClIN. The fraction of sp³-hybridized carbons (Fsp3) is 0.455. The molecule has 0 spiro atoms. The van der Waals surface area contributed by atoms with Crippen LogP contribution >= 0.6 is 34.2 Å². The zero-order chi connectivity index (χ0) is 9.97. The van der Waals surface area contributed by atoms with Crippen LogP contribution in [-0.4, -0.2) is 6.54 Å². The Morgan fingerprint density at radius 2 is 2.21 bits per heavy atom. The van der Waals surface area contributed by atoms with Crippen molar-refractivity contribution in [2.45, 2.75) is 25.3 Å². The topological polar surface area (TPSA) is 12.0 Å². The van der Waals surface area contributed by atoms with E-state index in [0.29, 0.717) is 6.04 Å². The molecule has 1 aliphatic rings. The molecule has 0 amide bonds. The molecule has 1 aliphatic heterocycles. The molecule has 1 nitrogen and oxygen atoms in total. The van der Waals surface area contributed by atoms with Crippen molar-refractivity contribution in [1.29, 1.82) is 0 Å². The third-order valence-corrected chi connectivity index (χ3v) is 3.82. The maximum atomic E-state index is 5.93. The molecule has 1 N–H and O–H groups in total. The average molecular weight is 322 g/mol. The van der Waals surface area contributed by atoms with Crippen LogP contribution < -0.4 is 5.32 Å². The highest BCUT2D eigenvalue weighted by molar-refractivity contribution is 14.1. The van der Waals surface area contributed by atoms with Gasteiger partial charge in [0.15, 0.2) is 0 Å². The van der Waals surface area contributed by atoms with Crippen LogP contribution in [0.2, 0.25) is 5.02 Å². The average Bonchev–Trinajstić information content (AvgIpc) is 2.19.